The standard InChI is InChI=1S/C29H43NO3.C2H2O4/c1-27-11-7-23(33-18-16-30-14-3-4-15-30)19-22(27)5-6-26-25(27)8-12-28(2)24(9-13-29(26,28)31)21-10-17-32-20-21;3-1(4)2(5)6/h10,17,19-20,23-26,31H,3-9,11-16,18H2,1-2H3;(H,3,4)(H,5,6)/t23-,24+,25-,26+,27-,28+,29-;/m0./s1. The van der Waals surface area contributed by atoms with Gasteiger partial charge in [-0.15, -0.1) is 0 Å². The molecule has 0 bridgehead atoms. The van der Waals surface area contributed by atoms with Gasteiger partial charge in [-0.1, -0.05) is 25.5 Å². The highest BCUT2D eigenvalue weighted by Gasteiger charge is 2.66. The topological polar surface area (TPSA) is 120 Å². The summed E-state index contributed by atoms with van der Waals surface area (Å²) >= 11 is 0. The summed E-state index contributed by atoms with van der Waals surface area (Å²) in [4.78, 5) is 20.7. The van der Waals surface area contributed by atoms with Crippen molar-refractivity contribution in [3.8, 4) is 0 Å². The zero-order valence-electron chi connectivity index (χ0n) is 23.4. The molecule has 3 N–H and O–H groups in total. The molecule has 1 saturated heterocycles. The van der Waals surface area contributed by atoms with Crippen molar-refractivity contribution >= 4 is 11.9 Å². The number of nitrogens with zero attached hydrogens (tertiary/aromatic N) is 1. The number of aliphatic carboxylic acids is 2. The highest BCUT2D eigenvalue weighted by atomic mass is 16.5. The van der Waals surface area contributed by atoms with Gasteiger partial charge in [-0.05, 0) is 112 Å². The Morgan fingerprint density at radius 3 is 2.44 bits per heavy atom. The van der Waals surface area contributed by atoms with Crippen LogP contribution in [-0.2, 0) is 14.3 Å². The Morgan fingerprint density at radius 1 is 1.03 bits per heavy atom. The number of hydrogen-bond donors (Lipinski definition) is 3. The molecule has 1 aromatic heterocycles. The molecular weight excluding hydrogens is 498 g/mol. The first-order chi connectivity index (χ1) is 18.6. The van der Waals surface area contributed by atoms with E-state index < -0.39 is 17.5 Å². The average molecular weight is 544 g/mol. The number of carboxylic acid groups (broad SMARTS) is 2. The van der Waals surface area contributed by atoms with Crippen LogP contribution in [0.1, 0.15) is 89.5 Å². The van der Waals surface area contributed by atoms with Crippen molar-refractivity contribution in [1.82, 2.24) is 4.90 Å². The van der Waals surface area contributed by atoms with E-state index in [0.29, 0.717) is 23.9 Å². The lowest BCUT2D eigenvalue weighted by molar-refractivity contribution is -0.178. The van der Waals surface area contributed by atoms with Gasteiger partial charge in [-0.25, -0.2) is 9.59 Å². The van der Waals surface area contributed by atoms with Gasteiger partial charge in [0.05, 0.1) is 30.8 Å². The van der Waals surface area contributed by atoms with Crippen LogP contribution in [0.2, 0.25) is 0 Å². The summed E-state index contributed by atoms with van der Waals surface area (Å²) in [6, 6.07) is 2.13. The molecule has 5 aliphatic rings. The summed E-state index contributed by atoms with van der Waals surface area (Å²) in [6.45, 7) is 9.35. The number of carboxylic acids is 2. The number of allylic oxidation sites excluding steroid dienone is 1. The quantitative estimate of drug-likeness (QED) is 0.347. The second kappa shape index (κ2) is 11.0. The average Bonchev–Trinajstić information content (AvgIpc) is 3.66. The summed E-state index contributed by atoms with van der Waals surface area (Å²) in [5.41, 5.74) is 2.59. The molecule has 4 aliphatic carbocycles. The predicted octanol–water partition coefficient (Wildman–Crippen LogP) is 5.08. The van der Waals surface area contributed by atoms with Gasteiger partial charge in [0, 0.05) is 12.0 Å². The lowest BCUT2D eigenvalue weighted by atomic mass is 9.45. The van der Waals surface area contributed by atoms with E-state index in [1.54, 1.807) is 11.8 Å². The van der Waals surface area contributed by atoms with Crippen LogP contribution in [0.15, 0.2) is 34.7 Å². The van der Waals surface area contributed by atoms with Crippen LogP contribution in [0, 0.1) is 22.7 Å². The number of aliphatic hydroxyl groups is 1. The van der Waals surface area contributed by atoms with E-state index in [1.807, 2.05) is 6.26 Å². The zero-order chi connectivity index (χ0) is 27.8. The van der Waals surface area contributed by atoms with Crippen LogP contribution in [-0.4, -0.2) is 70.1 Å². The highest BCUT2D eigenvalue weighted by molar-refractivity contribution is 6.27. The fraction of sp³-hybridized carbons (Fsp3) is 0.742. The van der Waals surface area contributed by atoms with Gasteiger partial charge in [0.1, 0.15) is 0 Å². The number of hydrogen-bond acceptors (Lipinski definition) is 6. The lowest BCUT2D eigenvalue weighted by Crippen LogP contribution is -2.60. The summed E-state index contributed by atoms with van der Waals surface area (Å²) in [6.07, 6.45) is 18.2. The third kappa shape index (κ3) is 5.08. The molecule has 8 heteroatoms. The summed E-state index contributed by atoms with van der Waals surface area (Å²) < 4.78 is 11.8. The summed E-state index contributed by atoms with van der Waals surface area (Å²) in [5, 5.41) is 27.1. The van der Waals surface area contributed by atoms with Crippen molar-refractivity contribution in [2.45, 2.75) is 95.7 Å². The summed E-state index contributed by atoms with van der Waals surface area (Å²) in [5.74, 6) is -2.20. The minimum atomic E-state index is -1.82. The first-order valence-electron chi connectivity index (χ1n) is 14.8. The first kappa shape index (κ1) is 28.4. The molecule has 0 spiro atoms. The normalized spacial score (nSPS) is 39.5. The van der Waals surface area contributed by atoms with Gasteiger partial charge < -0.3 is 29.4 Å². The van der Waals surface area contributed by atoms with Crippen LogP contribution >= 0.6 is 0 Å². The van der Waals surface area contributed by atoms with Crippen LogP contribution in [0.25, 0.3) is 0 Å². The van der Waals surface area contributed by atoms with E-state index >= 15 is 0 Å². The van der Waals surface area contributed by atoms with Crippen LogP contribution in [0.3, 0.4) is 0 Å². The highest BCUT2D eigenvalue weighted by Crippen LogP contribution is 2.70. The van der Waals surface area contributed by atoms with E-state index in [-0.39, 0.29) is 10.8 Å². The molecule has 7 atom stereocenters. The Morgan fingerprint density at radius 2 is 1.77 bits per heavy atom. The smallest absolute Gasteiger partial charge is 0.414 e. The fourth-order valence-corrected chi connectivity index (χ4v) is 9.14. The monoisotopic (exact) mass is 543 g/mol. The Bertz CT molecular complexity index is 1050. The van der Waals surface area contributed by atoms with Gasteiger partial charge in [0.15, 0.2) is 0 Å². The van der Waals surface area contributed by atoms with E-state index in [1.165, 1.54) is 44.3 Å². The molecule has 0 unspecified atom stereocenters. The SMILES string of the molecule is C[C@]12CC[C@H](OCCN3CCCC3)C=C1CC[C@@H]1[C@@H]2CC[C@]2(C)[C@@H](c3ccoc3)CC[C@]12O.O=C(O)C(=O)O. The number of ether oxygens (including phenoxy) is 1. The number of carbonyl (C=O) groups is 2. The molecule has 0 radical (unpaired) electrons. The van der Waals surface area contributed by atoms with Crippen molar-refractivity contribution in [3.63, 3.8) is 0 Å². The van der Waals surface area contributed by atoms with Crippen molar-refractivity contribution < 1.29 is 34.1 Å². The fourth-order valence-electron chi connectivity index (χ4n) is 9.14. The molecule has 4 fully saturated rings. The van der Waals surface area contributed by atoms with E-state index in [0.717, 1.165) is 51.7 Å². The minimum absolute atomic E-state index is 0.0362. The molecule has 0 aromatic carbocycles. The lowest BCUT2D eigenvalue weighted by Gasteiger charge is -2.61. The molecule has 39 heavy (non-hydrogen) atoms. The summed E-state index contributed by atoms with van der Waals surface area (Å²) in [7, 11) is 0. The maximum atomic E-state index is 12.3. The third-order valence-electron chi connectivity index (χ3n) is 11.3. The zero-order valence-corrected chi connectivity index (χ0v) is 23.4. The van der Waals surface area contributed by atoms with Gasteiger partial charge in [0.25, 0.3) is 0 Å². The van der Waals surface area contributed by atoms with Crippen LogP contribution in [0.5, 0.6) is 0 Å². The van der Waals surface area contributed by atoms with Gasteiger partial charge in [-0.2, -0.15) is 0 Å². The van der Waals surface area contributed by atoms with Gasteiger partial charge >= 0.3 is 11.9 Å². The largest absolute Gasteiger partial charge is 0.473 e. The van der Waals surface area contributed by atoms with E-state index in [4.69, 9.17) is 29.0 Å². The van der Waals surface area contributed by atoms with Gasteiger partial charge in [-0.3, -0.25) is 0 Å². The Balaban J connectivity index is 0.000000465. The maximum absolute atomic E-state index is 12.3. The van der Waals surface area contributed by atoms with Crippen molar-refractivity contribution in [3.05, 3.63) is 35.8 Å². The Labute approximate surface area is 231 Å². The molecule has 0 amide bonds. The molecular formula is C31H45NO7. The molecule has 2 heterocycles. The van der Waals surface area contributed by atoms with Gasteiger partial charge in [0.2, 0.25) is 0 Å². The number of fused-ring (bicyclic) bond motifs is 5. The van der Waals surface area contributed by atoms with Crippen molar-refractivity contribution in [2.24, 2.45) is 22.7 Å². The molecule has 1 aromatic rings. The maximum Gasteiger partial charge on any atom is 0.414 e. The number of furan rings is 1. The molecule has 216 valence electrons. The first-order valence-corrected chi connectivity index (χ1v) is 14.8. The predicted molar refractivity (Wildman–Crippen MR) is 145 cm³/mol. The van der Waals surface area contributed by atoms with E-state index in [9.17, 15) is 5.11 Å². The number of rotatable bonds is 5. The van der Waals surface area contributed by atoms with Crippen LogP contribution in [0.4, 0.5) is 0 Å². The minimum Gasteiger partial charge on any atom is -0.473 e. The Kier molecular flexibility index (Phi) is 8.01. The Hall–Kier alpha value is -2.16. The van der Waals surface area contributed by atoms with Crippen molar-refractivity contribution in [1.29, 1.82) is 0 Å². The van der Waals surface area contributed by atoms with Crippen LogP contribution < -0.4 is 0 Å². The molecule has 1 aliphatic heterocycles. The third-order valence-corrected chi connectivity index (χ3v) is 11.3. The molecule has 6 rings (SSSR count). The second-order valence-electron chi connectivity index (χ2n) is 13.0. The van der Waals surface area contributed by atoms with E-state index in [2.05, 4.69) is 30.9 Å². The molecule has 3 saturated carbocycles. The number of likely N-dealkylation sites (tertiary alicyclic amines) is 1. The van der Waals surface area contributed by atoms with Crippen molar-refractivity contribution in [2.75, 3.05) is 26.2 Å². The second-order valence-corrected chi connectivity index (χ2v) is 13.0. The molecule has 8 nitrogen and oxygen atoms in total.